The number of ether oxygens (including phenoxy) is 1. The van der Waals surface area contributed by atoms with Gasteiger partial charge in [0.1, 0.15) is 5.75 Å². The molecule has 0 aliphatic carbocycles. The Bertz CT molecular complexity index is 627. The van der Waals surface area contributed by atoms with Crippen LogP contribution in [0.3, 0.4) is 0 Å². The van der Waals surface area contributed by atoms with Gasteiger partial charge in [0, 0.05) is 33.9 Å². The fourth-order valence-electron chi connectivity index (χ4n) is 1.74. The van der Waals surface area contributed by atoms with Crippen molar-refractivity contribution < 1.29 is 9.53 Å². The Morgan fingerprint density at radius 1 is 1.14 bits per heavy atom. The van der Waals surface area contributed by atoms with Crippen LogP contribution in [0.4, 0.5) is 5.69 Å². The number of rotatable bonds is 6. The third kappa shape index (κ3) is 4.55. The smallest absolute Gasteiger partial charge is 0.255 e. The molecule has 0 bridgehead atoms. The average molecular weight is 325 g/mol. The Morgan fingerprint density at radius 2 is 1.81 bits per heavy atom. The van der Waals surface area contributed by atoms with E-state index in [4.69, 9.17) is 33.7 Å². The van der Waals surface area contributed by atoms with Crippen molar-refractivity contribution in [2.75, 3.05) is 11.9 Å². The zero-order valence-corrected chi connectivity index (χ0v) is 12.6. The van der Waals surface area contributed by atoms with E-state index in [9.17, 15) is 4.79 Å². The lowest BCUT2D eigenvalue weighted by molar-refractivity contribution is -0.119. The maximum absolute atomic E-state index is 10.7. The molecular formula is C15H14Cl2N2O2. The quantitative estimate of drug-likeness (QED) is 0.855. The van der Waals surface area contributed by atoms with E-state index in [-0.39, 0.29) is 6.61 Å². The average Bonchev–Trinajstić information content (AvgIpc) is 2.45. The van der Waals surface area contributed by atoms with Gasteiger partial charge in [0.2, 0.25) is 0 Å². The molecule has 2 aromatic rings. The van der Waals surface area contributed by atoms with Crippen molar-refractivity contribution >= 4 is 34.8 Å². The molecule has 0 fully saturated rings. The number of benzene rings is 2. The van der Waals surface area contributed by atoms with Crippen LogP contribution in [0.25, 0.3) is 0 Å². The molecule has 0 aliphatic rings. The SMILES string of the molecule is NC(=O)COc1cccc(NCc2c(Cl)cccc2Cl)c1. The van der Waals surface area contributed by atoms with E-state index in [0.29, 0.717) is 22.3 Å². The van der Waals surface area contributed by atoms with Gasteiger partial charge in [-0.3, -0.25) is 4.79 Å². The maximum atomic E-state index is 10.7. The number of primary amides is 1. The molecule has 0 unspecified atom stereocenters. The van der Waals surface area contributed by atoms with Gasteiger partial charge in [0.05, 0.1) is 0 Å². The molecule has 21 heavy (non-hydrogen) atoms. The molecule has 2 aromatic carbocycles. The van der Waals surface area contributed by atoms with Crippen molar-refractivity contribution in [3.05, 3.63) is 58.1 Å². The van der Waals surface area contributed by atoms with Crippen LogP contribution in [-0.4, -0.2) is 12.5 Å². The molecule has 0 radical (unpaired) electrons. The van der Waals surface area contributed by atoms with Crippen LogP contribution in [-0.2, 0) is 11.3 Å². The summed E-state index contributed by atoms with van der Waals surface area (Å²) in [6, 6.07) is 12.6. The van der Waals surface area contributed by atoms with E-state index in [2.05, 4.69) is 5.32 Å². The van der Waals surface area contributed by atoms with E-state index in [0.717, 1.165) is 11.3 Å². The first-order valence-electron chi connectivity index (χ1n) is 6.24. The van der Waals surface area contributed by atoms with Gasteiger partial charge in [-0.1, -0.05) is 35.3 Å². The van der Waals surface area contributed by atoms with Gasteiger partial charge in [-0.15, -0.1) is 0 Å². The van der Waals surface area contributed by atoms with Gasteiger partial charge in [0.25, 0.3) is 5.91 Å². The summed E-state index contributed by atoms with van der Waals surface area (Å²) < 4.78 is 5.24. The Hall–Kier alpha value is -1.91. The van der Waals surface area contributed by atoms with Crippen LogP contribution in [0.15, 0.2) is 42.5 Å². The van der Waals surface area contributed by atoms with Crippen molar-refractivity contribution in [3.8, 4) is 5.75 Å². The third-order valence-corrected chi connectivity index (χ3v) is 3.45. The first-order chi connectivity index (χ1) is 10.1. The minimum Gasteiger partial charge on any atom is -0.484 e. The molecule has 3 N–H and O–H groups in total. The summed E-state index contributed by atoms with van der Waals surface area (Å²) in [7, 11) is 0. The molecule has 0 heterocycles. The van der Waals surface area contributed by atoms with Crippen molar-refractivity contribution in [2.24, 2.45) is 5.73 Å². The van der Waals surface area contributed by atoms with Crippen molar-refractivity contribution in [2.45, 2.75) is 6.54 Å². The lowest BCUT2D eigenvalue weighted by atomic mass is 10.2. The molecule has 1 amide bonds. The lowest BCUT2D eigenvalue weighted by Crippen LogP contribution is -2.20. The number of carbonyl (C=O) groups is 1. The second-order valence-electron chi connectivity index (χ2n) is 4.34. The molecular weight excluding hydrogens is 311 g/mol. The number of nitrogens with two attached hydrogens (primary N) is 1. The maximum Gasteiger partial charge on any atom is 0.255 e. The van der Waals surface area contributed by atoms with E-state index in [1.165, 1.54) is 0 Å². The van der Waals surface area contributed by atoms with Crippen LogP contribution in [0.1, 0.15) is 5.56 Å². The molecule has 2 rings (SSSR count). The normalized spacial score (nSPS) is 10.2. The van der Waals surface area contributed by atoms with Gasteiger partial charge in [-0.2, -0.15) is 0 Å². The van der Waals surface area contributed by atoms with Gasteiger partial charge in [0.15, 0.2) is 6.61 Å². The van der Waals surface area contributed by atoms with Crippen LogP contribution >= 0.6 is 23.2 Å². The van der Waals surface area contributed by atoms with Gasteiger partial charge < -0.3 is 15.8 Å². The summed E-state index contributed by atoms with van der Waals surface area (Å²) in [5.74, 6) is 0.0419. The zero-order valence-electron chi connectivity index (χ0n) is 11.1. The second-order valence-corrected chi connectivity index (χ2v) is 5.15. The number of carbonyl (C=O) groups excluding carboxylic acids is 1. The van der Waals surface area contributed by atoms with Crippen molar-refractivity contribution in [3.63, 3.8) is 0 Å². The Kier molecular flexibility index (Phi) is 5.31. The largest absolute Gasteiger partial charge is 0.484 e. The molecule has 6 heteroatoms. The summed E-state index contributed by atoms with van der Waals surface area (Å²) in [6.45, 7) is 0.331. The summed E-state index contributed by atoms with van der Waals surface area (Å²) in [5, 5.41) is 4.42. The van der Waals surface area contributed by atoms with Gasteiger partial charge in [-0.05, 0) is 24.3 Å². The van der Waals surface area contributed by atoms with Crippen LogP contribution in [0.2, 0.25) is 10.0 Å². The summed E-state index contributed by atoms with van der Waals surface area (Å²) in [5.41, 5.74) is 6.69. The highest BCUT2D eigenvalue weighted by Gasteiger charge is 2.05. The van der Waals surface area contributed by atoms with Crippen LogP contribution < -0.4 is 15.8 Å². The lowest BCUT2D eigenvalue weighted by Gasteiger charge is -2.11. The van der Waals surface area contributed by atoms with Crippen molar-refractivity contribution in [1.82, 2.24) is 0 Å². The molecule has 0 saturated carbocycles. The molecule has 0 saturated heterocycles. The minimum atomic E-state index is -0.517. The van der Waals surface area contributed by atoms with Gasteiger partial charge in [-0.25, -0.2) is 0 Å². The molecule has 110 valence electrons. The fourth-order valence-corrected chi connectivity index (χ4v) is 2.27. The van der Waals surface area contributed by atoms with E-state index >= 15 is 0 Å². The summed E-state index contributed by atoms with van der Waals surface area (Å²) >= 11 is 12.2. The highest BCUT2D eigenvalue weighted by atomic mass is 35.5. The molecule has 0 spiro atoms. The predicted molar refractivity (Wildman–Crippen MR) is 84.9 cm³/mol. The Labute approximate surface area is 132 Å². The van der Waals surface area contributed by atoms with E-state index in [1.54, 1.807) is 30.3 Å². The number of amides is 1. The molecule has 4 nitrogen and oxygen atoms in total. The first kappa shape index (κ1) is 15.5. The first-order valence-corrected chi connectivity index (χ1v) is 7.00. The summed E-state index contributed by atoms with van der Waals surface area (Å²) in [4.78, 5) is 10.7. The topological polar surface area (TPSA) is 64.4 Å². The molecule has 0 aliphatic heterocycles. The molecule has 0 atom stereocenters. The Balaban J connectivity index is 2.03. The standard InChI is InChI=1S/C15H14Cl2N2O2/c16-13-5-2-6-14(17)12(13)8-19-10-3-1-4-11(7-10)21-9-15(18)20/h1-7,19H,8-9H2,(H2,18,20). The number of halogens is 2. The predicted octanol–water partition coefficient (Wildman–Crippen LogP) is 3.47. The van der Waals surface area contributed by atoms with E-state index in [1.807, 2.05) is 12.1 Å². The number of anilines is 1. The van der Waals surface area contributed by atoms with Crippen molar-refractivity contribution in [1.29, 1.82) is 0 Å². The third-order valence-electron chi connectivity index (χ3n) is 2.75. The summed E-state index contributed by atoms with van der Waals surface area (Å²) in [6.07, 6.45) is 0. The van der Waals surface area contributed by atoms with Gasteiger partial charge >= 0.3 is 0 Å². The zero-order chi connectivity index (χ0) is 15.2. The van der Waals surface area contributed by atoms with Crippen LogP contribution in [0.5, 0.6) is 5.75 Å². The number of hydrogen-bond donors (Lipinski definition) is 2. The van der Waals surface area contributed by atoms with Crippen LogP contribution in [0, 0.1) is 0 Å². The minimum absolute atomic E-state index is 0.153. The number of nitrogens with one attached hydrogen (secondary N) is 1. The highest BCUT2D eigenvalue weighted by molar-refractivity contribution is 6.36. The Morgan fingerprint density at radius 3 is 2.48 bits per heavy atom. The van der Waals surface area contributed by atoms with E-state index < -0.39 is 5.91 Å². The highest BCUT2D eigenvalue weighted by Crippen LogP contribution is 2.26. The molecule has 0 aromatic heterocycles. The second kappa shape index (κ2) is 7.20. The fraction of sp³-hybridized carbons (Fsp3) is 0.133. The number of hydrogen-bond acceptors (Lipinski definition) is 3. The monoisotopic (exact) mass is 324 g/mol.